The van der Waals surface area contributed by atoms with Gasteiger partial charge in [-0.1, -0.05) is 30.3 Å². The fraction of sp³-hybridized carbons (Fsp3) is 0.133. The number of carbonyl (C=O) groups excluding carboxylic acids is 1. The third-order valence-corrected chi connectivity index (χ3v) is 3.29. The molecule has 0 aliphatic carbocycles. The Bertz CT molecular complexity index is 614. The van der Waals surface area contributed by atoms with Gasteiger partial charge in [-0.2, -0.15) is 0 Å². The van der Waals surface area contributed by atoms with Gasteiger partial charge < -0.3 is 9.47 Å². The highest BCUT2D eigenvalue weighted by atomic mass is 79.9. The molecule has 3 nitrogen and oxygen atoms in total. The van der Waals surface area contributed by atoms with Gasteiger partial charge in [0, 0.05) is 0 Å². The molecule has 0 saturated heterocycles. The molecule has 5 heteroatoms. The molecular weight excluding hydrogens is 327 g/mol. The third kappa shape index (κ3) is 3.17. The van der Waals surface area contributed by atoms with Gasteiger partial charge in [0.2, 0.25) is 0 Å². The van der Waals surface area contributed by atoms with E-state index in [2.05, 4.69) is 20.7 Å². The molecule has 2 rings (SSSR count). The van der Waals surface area contributed by atoms with E-state index in [4.69, 9.17) is 4.74 Å². The highest BCUT2D eigenvalue weighted by molar-refractivity contribution is 9.10. The van der Waals surface area contributed by atoms with E-state index in [-0.39, 0.29) is 22.4 Å². The zero-order valence-corrected chi connectivity index (χ0v) is 12.3. The van der Waals surface area contributed by atoms with Crippen molar-refractivity contribution in [3.8, 4) is 5.75 Å². The van der Waals surface area contributed by atoms with Crippen molar-refractivity contribution in [2.45, 2.75) is 6.61 Å². The number of esters is 1. The van der Waals surface area contributed by atoms with Crippen LogP contribution >= 0.6 is 15.9 Å². The molecule has 0 unspecified atom stereocenters. The van der Waals surface area contributed by atoms with Gasteiger partial charge in [-0.05, 0) is 33.6 Å². The molecule has 0 fully saturated rings. The summed E-state index contributed by atoms with van der Waals surface area (Å²) in [5.41, 5.74) is 0.937. The Morgan fingerprint density at radius 2 is 1.90 bits per heavy atom. The first-order valence-corrected chi connectivity index (χ1v) is 6.66. The monoisotopic (exact) mass is 338 g/mol. The lowest BCUT2D eigenvalue weighted by Crippen LogP contribution is -2.08. The number of hydrogen-bond acceptors (Lipinski definition) is 3. The van der Waals surface area contributed by atoms with E-state index in [0.29, 0.717) is 0 Å². The van der Waals surface area contributed by atoms with Crippen molar-refractivity contribution in [2.24, 2.45) is 0 Å². The SMILES string of the molecule is COC(=O)c1ccc(Br)c(F)c1OCc1ccccc1. The van der Waals surface area contributed by atoms with Crippen molar-refractivity contribution in [3.63, 3.8) is 0 Å². The van der Waals surface area contributed by atoms with Crippen LogP contribution in [0.15, 0.2) is 46.9 Å². The molecule has 0 aliphatic rings. The fourth-order valence-corrected chi connectivity index (χ4v) is 1.99. The van der Waals surface area contributed by atoms with E-state index >= 15 is 0 Å². The molecule has 0 saturated carbocycles. The second-order valence-corrected chi connectivity index (χ2v) is 4.86. The summed E-state index contributed by atoms with van der Waals surface area (Å²) in [6.45, 7) is 0.165. The number of halogens is 2. The van der Waals surface area contributed by atoms with Gasteiger partial charge >= 0.3 is 5.97 Å². The third-order valence-electron chi connectivity index (χ3n) is 2.68. The predicted octanol–water partition coefficient (Wildman–Crippen LogP) is 3.95. The van der Waals surface area contributed by atoms with E-state index in [1.807, 2.05) is 30.3 Å². The van der Waals surface area contributed by atoms with E-state index < -0.39 is 11.8 Å². The maximum Gasteiger partial charge on any atom is 0.341 e. The van der Waals surface area contributed by atoms with Crippen LogP contribution in [0.3, 0.4) is 0 Å². The van der Waals surface area contributed by atoms with Crippen molar-refractivity contribution < 1.29 is 18.7 Å². The van der Waals surface area contributed by atoms with E-state index in [1.165, 1.54) is 19.2 Å². The molecule has 20 heavy (non-hydrogen) atoms. The van der Waals surface area contributed by atoms with Crippen LogP contribution in [-0.4, -0.2) is 13.1 Å². The summed E-state index contributed by atoms with van der Waals surface area (Å²) in [4.78, 5) is 11.6. The van der Waals surface area contributed by atoms with E-state index in [9.17, 15) is 9.18 Å². The number of methoxy groups -OCH3 is 1. The normalized spacial score (nSPS) is 10.2. The highest BCUT2D eigenvalue weighted by Crippen LogP contribution is 2.30. The summed E-state index contributed by atoms with van der Waals surface area (Å²) >= 11 is 3.07. The molecular formula is C15H12BrFO3. The maximum absolute atomic E-state index is 14.1. The lowest BCUT2D eigenvalue weighted by Gasteiger charge is -2.12. The molecule has 0 bridgehead atoms. The molecule has 2 aromatic rings. The Hall–Kier alpha value is -1.88. The van der Waals surface area contributed by atoms with Gasteiger partial charge in [0.05, 0.1) is 11.6 Å². The molecule has 0 aromatic heterocycles. The zero-order chi connectivity index (χ0) is 14.5. The standard InChI is InChI=1S/C15H12BrFO3/c1-19-15(18)11-7-8-12(16)13(17)14(11)20-9-10-5-3-2-4-6-10/h2-8H,9H2,1H3. The van der Waals surface area contributed by atoms with Crippen LogP contribution in [0, 0.1) is 5.82 Å². The largest absolute Gasteiger partial charge is 0.485 e. The maximum atomic E-state index is 14.1. The molecule has 0 aliphatic heterocycles. The Kier molecular flexibility index (Phi) is 4.74. The second kappa shape index (κ2) is 6.52. The lowest BCUT2D eigenvalue weighted by atomic mass is 10.2. The topological polar surface area (TPSA) is 35.5 Å². The Morgan fingerprint density at radius 1 is 1.20 bits per heavy atom. The minimum absolute atomic E-state index is 0.0594. The number of hydrogen-bond donors (Lipinski definition) is 0. The van der Waals surface area contributed by atoms with Crippen LogP contribution in [0.25, 0.3) is 0 Å². The quantitative estimate of drug-likeness (QED) is 0.791. The molecule has 0 N–H and O–H groups in total. The second-order valence-electron chi connectivity index (χ2n) is 4.00. The molecule has 0 radical (unpaired) electrons. The van der Waals surface area contributed by atoms with Gasteiger partial charge in [0.1, 0.15) is 12.2 Å². The van der Waals surface area contributed by atoms with Crippen LogP contribution in [0.5, 0.6) is 5.75 Å². The van der Waals surface area contributed by atoms with Gasteiger partial charge in [0.15, 0.2) is 11.6 Å². The first-order chi connectivity index (χ1) is 9.63. The average molecular weight is 339 g/mol. The Morgan fingerprint density at radius 3 is 2.55 bits per heavy atom. The summed E-state index contributed by atoms with van der Waals surface area (Å²) in [5.74, 6) is -1.38. The van der Waals surface area contributed by atoms with Crippen LogP contribution in [0.1, 0.15) is 15.9 Å². The predicted molar refractivity (Wildman–Crippen MR) is 76.2 cm³/mol. The Labute approximate surface area is 124 Å². The average Bonchev–Trinajstić information content (AvgIpc) is 2.49. The summed E-state index contributed by atoms with van der Waals surface area (Å²) in [7, 11) is 1.24. The number of benzene rings is 2. The van der Waals surface area contributed by atoms with Crippen LogP contribution in [0.2, 0.25) is 0 Å². The molecule has 2 aromatic carbocycles. The molecule has 0 spiro atoms. The Balaban J connectivity index is 2.29. The summed E-state index contributed by atoms with van der Waals surface area (Å²) in [6.07, 6.45) is 0. The molecule has 0 heterocycles. The van der Waals surface area contributed by atoms with Crippen molar-refractivity contribution in [2.75, 3.05) is 7.11 Å². The van der Waals surface area contributed by atoms with Gasteiger partial charge in [-0.25, -0.2) is 9.18 Å². The van der Waals surface area contributed by atoms with Crippen LogP contribution < -0.4 is 4.74 Å². The number of rotatable bonds is 4. The van der Waals surface area contributed by atoms with E-state index in [1.54, 1.807) is 0 Å². The fourth-order valence-electron chi connectivity index (χ4n) is 1.67. The van der Waals surface area contributed by atoms with Gasteiger partial charge in [-0.3, -0.25) is 0 Å². The lowest BCUT2D eigenvalue weighted by molar-refractivity contribution is 0.0594. The highest BCUT2D eigenvalue weighted by Gasteiger charge is 2.19. The van der Waals surface area contributed by atoms with E-state index in [0.717, 1.165) is 5.56 Å². The number of ether oxygens (including phenoxy) is 2. The minimum atomic E-state index is -0.639. The zero-order valence-electron chi connectivity index (χ0n) is 10.7. The van der Waals surface area contributed by atoms with Crippen molar-refractivity contribution in [1.29, 1.82) is 0 Å². The van der Waals surface area contributed by atoms with Crippen LogP contribution in [-0.2, 0) is 11.3 Å². The number of carbonyl (C=O) groups is 1. The summed E-state index contributed by atoms with van der Waals surface area (Å²) in [5, 5.41) is 0. The summed E-state index contributed by atoms with van der Waals surface area (Å²) in [6, 6.07) is 12.2. The van der Waals surface area contributed by atoms with Crippen LogP contribution in [0.4, 0.5) is 4.39 Å². The summed E-state index contributed by atoms with van der Waals surface area (Å²) < 4.78 is 24.4. The minimum Gasteiger partial charge on any atom is -0.485 e. The van der Waals surface area contributed by atoms with Gasteiger partial charge in [0.25, 0.3) is 0 Å². The first-order valence-electron chi connectivity index (χ1n) is 5.86. The molecule has 0 amide bonds. The van der Waals surface area contributed by atoms with Crippen molar-refractivity contribution >= 4 is 21.9 Å². The molecule has 0 atom stereocenters. The smallest absolute Gasteiger partial charge is 0.341 e. The van der Waals surface area contributed by atoms with Gasteiger partial charge in [-0.15, -0.1) is 0 Å². The van der Waals surface area contributed by atoms with Crippen molar-refractivity contribution in [1.82, 2.24) is 0 Å². The first kappa shape index (κ1) is 14.5. The molecule has 104 valence electrons. The van der Waals surface area contributed by atoms with Crippen molar-refractivity contribution in [3.05, 3.63) is 63.9 Å².